The van der Waals surface area contributed by atoms with Crippen molar-refractivity contribution in [3.63, 3.8) is 0 Å². The normalized spacial score (nSPS) is 29.4. The summed E-state index contributed by atoms with van der Waals surface area (Å²) in [7, 11) is 0. The Morgan fingerprint density at radius 3 is 2.89 bits per heavy atom. The standard InChI is InChI=1S/C25H30N2O/c1-2-5-21-18-26(12-9-20(21)4-1)17-19-7-8-24-22(14-19)15-25(28-24)10-13-27-11-3-6-23(27)16-25/h1-2,4-5,7-8,14,23H,3,6,9-13,15-18H2. The Hall–Kier alpha value is -1.84. The van der Waals surface area contributed by atoms with E-state index in [0.29, 0.717) is 0 Å². The van der Waals surface area contributed by atoms with E-state index in [-0.39, 0.29) is 5.60 Å². The van der Waals surface area contributed by atoms with Gasteiger partial charge in [0.25, 0.3) is 0 Å². The topological polar surface area (TPSA) is 15.7 Å². The summed E-state index contributed by atoms with van der Waals surface area (Å²) < 4.78 is 6.59. The molecular weight excluding hydrogens is 344 g/mol. The molecule has 0 amide bonds. The van der Waals surface area contributed by atoms with Gasteiger partial charge in [-0.05, 0) is 54.1 Å². The SMILES string of the molecule is c1ccc2c(c1)CCN(Cc1ccc3c(c1)CC1(CCN4CCCC4C1)O3)C2. The van der Waals surface area contributed by atoms with Gasteiger partial charge in [-0.1, -0.05) is 36.4 Å². The van der Waals surface area contributed by atoms with Crippen molar-refractivity contribution >= 4 is 0 Å². The van der Waals surface area contributed by atoms with Gasteiger partial charge in [0.2, 0.25) is 0 Å². The van der Waals surface area contributed by atoms with E-state index in [1.807, 2.05) is 0 Å². The Bertz CT molecular complexity index is 894. The Labute approximate surface area is 168 Å². The number of piperidine rings is 1. The number of ether oxygens (including phenoxy) is 1. The predicted molar refractivity (Wildman–Crippen MR) is 112 cm³/mol. The first-order valence-corrected chi connectivity index (χ1v) is 11.1. The van der Waals surface area contributed by atoms with E-state index in [0.717, 1.165) is 37.8 Å². The van der Waals surface area contributed by atoms with Crippen LogP contribution in [-0.2, 0) is 25.9 Å². The molecule has 2 saturated heterocycles. The minimum absolute atomic E-state index is 0.0799. The van der Waals surface area contributed by atoms with Crippen LogP contribution in [0.25, 0.3) is 0 Å². The van der Waals surface area contributed by atoms with Gasteiger partial charge in [-0.25, -0.2) is 0 Å². The van der Waals surface area contributed by atoms with Crippen LogP contribution in [0.15, 0.2) is 42.5 Å². The Balaban J connectivity index is 1.16. The van der Waals surface area contributed by atoms with Crippen LogP contribution in [-0.4, -0.2) is 41.1 Å². The second-order valence-electron chi connectivity index (χ2n) is 9.42. The van der Waals surface area contributed by atoms with E-state index in [4.69, 9.17) is 4.74 Å². The summed E-state index contributed by atoms with van der Waals surface area (Å²) in [5.74, 6) is 1.15. The summed E-state index contributed by atoms with van der Waals surface area (Å²) >= 11 is 0. The Morgan fingerprint density at radius 2 is 1.93 bits per heavy atom. The highest BCUT2D eigenvalue weighted by molar-refractivity contribution is 5.43. The molecule has 2 atom stereocenters. The molecule has 0 aromatic heterocycles. The van der Waals surface area contributed by atoms with Gasteiger partial charge in [-0.3, -0.25) is 4.90 Å². The van der Waals surface area contributed by atoms with E-state index in [9.17, 15) is 0 Å². The molecule has 4 heterocycles. The molecule has 3 heteroatoms. The average molecular weight is 375 g/mol. The molecule has 0 N–H and O–H groups in total. The van der Waals surface area contributed by atoms with Crippen molar-refractivity contribution in [3.05, 3.63) is 64.7 Å². The fourth-order valence-corrected chi connectivity index (χ4v) is 6.09. The molecule has 2 fully saturated rings. The van der Waals surface area contributed by atoms with Crippen LogP contribution in [0.1, 0.15) is 47.9 Å². The summed E-state index contributed by atoms with van der Waals surface area (Å²) in [6.07, 6.45) is 7.44. The zero-order valence-corrected chi connectivity index (χ0v) is 16.7. The maximum atomic E-state index is 6.59. The highest BCUT2D eigenvalue weighted by atomic mass is 16.5. The molecule has 3 nitrogen and oxygen atoms in total. The minimum Gasteiger partial charge on any atom is -0.487 e. The molecule has 0 radical (unpaired) electrons. The first-order valence-electron chi connectivity index (χ1n) is 11.1. The number of hydrogen-bond donors (Lipinski definition) is 0. The van der Waals surface area contributed by atoms with Crippen molar-refractivity contribution in [1.29, 1.82) is 0 Å². The Kier molecular flexibility index (Phi) is 4.02. The van der Waals surface area contributed by atoms with E-state index >= 15 is 0 Å². The van der Waals surface area contributed by atoms with Crippen molar-refractivity contribution in [2.75, 3.05) is 19.6 Å². The number of benzene rings is 2. The van der Waals surface area contributed by atoms with Gasteiger partial charge < -0.3 is 9.64 Å². The molecule has 2 unspecified atom stereocenters. The first-order chi connectivity index (χ1) is 13.8. The lowest BCUT2D eigenvalue weighted by molar-refractivity contribution is 0.00195. The van der Waals surface area contributed by atoms with Crippen molar-refractivity contribution < 1.29 is 4.74 Å². The van der Waals surface area contributed by atoms with Gasteiger partial charge in [-0.15, -0.1) is 0 Å². The van der Waals surface area contributed by atoms with Crippen LogP contribution < -0.4 is 4.74 Å². The smallest absolute Gasteiger partial charge is 0.123 e. The fourth-order valence-electron chi connectivity index (χ4n) is 6.09. The molecule has 146 valence electrons. The third-order valence-electron chi connectivity index (χ3n) is 7.54. The predicted octanol–water partition coefficient (Wildman–Crippen LogP) is 4.18. The molecular formula is C25H30N2O. The number of hydrogen-bond acceptors (Lipinski definition) is 3. The maximum Gasteiger partial charge on any atom is 0.123 e. The van der Waals surface area contributed by atoms with Gasteiger partial charge in [-0.2, -0.15) is 0 Å². The number of rotatable bonds is 2. The molecule has 1 spiro atoms. The van der Waals surface area contributed by atoms with Crippen molar-refractivity contribution in [3.8, 4) is 5.75 Å². The second kappa shape index (κ2) is 6.60. The molecule has 2 aromatic rings. The highest BCUT2D eigenvalue weighted by Gasteiger charge is 2.46. The van der Waals surface area contributed by atoms with Crippen LogP contribution >= 0.6 is 0 Å². The van der Waals surface area contributed by atoms with Gasteiger partial charge >= 0.3 is 0 Å². The highest BCUT2D eigenvalue weighted by Crippen LogP contribution is 2.44. The monoisotopic (exact) mass is 374 g/mol. The largest absolute Gasteiger partial charge is 0.487 e. The lowest BCUT2D eigenvalue weighted by atomic mass is 9.83. The Morgan fingerprint density at radius 1 is 1.00 bits per heavy atom. The summed E-state index contributed by atoms with van der Waals surface area (Å²) in [6.45, 7) is 5.80. The molecule has 4 aliphatic rings. The zero-order chi connectivity index (χ0) is 18.6. The second-order valence-corrected chi connectivity index (χ2v) is 9.42. The van der Waals surface area contributed by atoms with Crippen molar-refractivity contribution in [2.24, 2.45) is 0 Å². The van der Waals surface area contributed by atoms with Gasteiger partial charge in [0.15, 0.2) is 0 Å². The van der Waals surface area contributed by atoms with Gasteiger partial charge in [0.05, 0.1) is 0 Å². The molecule has 6 rings (SSSR count). The molecule has 2 aromatic carbocycles. The summed E-state index contributed by atoms with van der Waals surface area (Å²) in [5.41, 5.74) is 6.00. The molecule has 0 saturated carbocycles. The maximum absolute atomic E-state index is 6.59. The zero-order valence-electron chi connectivity index (χ0n) is 16.7. The van der Waals surface area contributed by atoms with Crippen LogP contribution in [0, 0.1) is 0 Å². The molecule has 28 heavy (non-hydrogen) atoms. The van der Waals surface area contributed by atoms with E-state index in [2.05, 4.69) is 52.3 Å². The summed E-state index contributed by atoms with van der Waals surface area (Å²) in [4.78, 5) is 5.28. The van der Waals surface area contributed by atoms with Crippen LogP contribution in [0.4, 0.5) is 0 Å². The van der Waals surface area contributed by atoms with Crippen LogP contribution in [0.2, 0.25) is 0 Å². The van der Waals surface area contributed by atoms with Crippen molar-refractivity contribution in [2.45, 2.75) is 63.3 Å². The lowest BCUT2D eigenvalue weighted by Gasteiger charge is -2.41. The van der Waals surface area contributed by atoms with Gasteiger partial charge in [0, 0.05) is 51.5 Å². The molecule has 0 bridgehead atoms. The number of fused-ring (bicyclic) bond motifs is 3. The summed E-state index contributed by atoms with van der Waals surface area (Å²) in [5, 5.41) is 0. The fraction of sp³-hybridized carbons (Fsp3) is 0.520. The third-order valence-corrected chi connectivity index (χ3v) is 7.54. The molecule has 0 aliphatic carbocycles. The van der Waals surface area contributed by atoms with Crippen LogP contribution in [0.5, 0.6) is 5.75 Å². The molecule has 4 aliphatic heterocycles. The van der Waals surface area contributed by atoms with Crippen LogP contribution in [0.3, 0.4) is 0 Å². The number of nitrogens with zero attached hydrogens (tertiary/aromatic N) is 2. The lowest BCUT2D eigenvalue weighted by Crippen LogP contribution is -2.50. The van der Waals surface area contributed by atoms with E-state index in [1.54, 1.807) is 0 Å². The average Bonchev–Trinajstić information content (AvgIpc) is 3.31. The first kappa shape index (κ1) is 17.1. The van der Waals surface area contributed by atoms with E-state index < -0.39 is 0 Å². The minimum atomic E-state index is 0.0799. The summed E-state index contributed by atoms with van der Waals surface area (Å²) in [6, 6.07) is 16.7. The van der Waals surface area contributed by atoms with Crippen molar-refractivity contribution in [1.82, 2.24) is 9.80 Å². The third kappa shape index (κ3) is 2.96. The van der Waals surface area contributed by atoms with Gasteiger partial charge in [0.1, 0.15) is 11.4 Å². The van der Waals surface area contributed by atoms with E-state index in [1.165, 1.54) is 67.4 Å². The quantitative estimate of drug-likeness (QED) is 0.784.